The molecule has 0 fully saturated rings. The molecule has 2 rings (SSSR count). The third kappa shape index (κ3) is 2.11. The summed E-state index contributed by atoms with van der Waals surface area (Å²) in [7, 11) is 0. The predicted molar refractivity (Wildman–Crippen MR) is 64.6 cm³/mol. The van der Waals surface area contributed by atoms with Crippen molar-refractivity contribution in [1.29, 1.82) is 0 Å². The van der Waals surface area contributed by atoms with Crippen LogP contribution in [0.5, 0.6) is 28.7 Å². The number of aromatic hydroxyl groups is 5. The molecule has 0 spiro atoms. The third-order valence-corrected chi connectivity index (χ3v) is 2.60. The summed E-state index contributed by atoms with van der Waals surface area (Å²) < 4.78 is 0. The molecule has 2 aromatic rings. The molecular weight excluding hydrogens is 252 g/mol. The molecule has 6 nitrogen and oxygen atoms in total. The summed E-state index contributed by atoms with van der Waals surface area (Å²) in [6, 6.07) is 5.47. The second-order valence-corrected chi connectivity index (χ2v) is 3.86. The molecule has 0 bridgehead atoms. The Bertz CT molecular complexity index is 662. The lowest BCUT2D eigenvalue weighted by Gasteiger charge is -2.08. The summed E-state index contributed by atoms with van der Waals surface area (Å²) in [6.45, 7) is 0. The SMILES string of the molecule is O=C(c1cc(O)ccc1O)c1ccc(O)c(O)c1O. The van der Waals surface area contributed by atoms with Crippen LogP contribution in [0.3, 0.4) is 0 Å². The van der Waals surface area contributed by atoms with E-state index in [-0.39, 0.29) is 22.6 Å². The molecule has 0 saturated heterocycles. The van der Waals surface area contributed by atoms with Gasteiger partial charge in [-0.2, -0.15) is 0 Å². The van der Waals surface area contributed by atoms with Crippen LogP contribution in [-0.4, -0.2) is 31.3 Å². The Morgan fingerprint density at radius 3 is 2.05 bits per heavy atom. The van der Waals surface area contributed by atoms with Gasteiger partial charge >= 0.3 is 0 Å². The number of ketones is 1. The minimum absolute atomic E-state index is 0.233. The summed E-state index contributed by atoms with van der Waals surface area (Å²) in [6.07, 6.45) is 0. The molecule has 2 aromatic carbocycles. The maximum atomic E-state index is 12.1. The van der Waals surface area contributed by atoms with Gasteiger partial charge in [-0.15, -0.1) is 0 Å². The van der Waals surface area contributed by atoms with Crippen molar-refractivity contribution in [3.8, 4) is 28.7 Å². The second-order valence-electron chi connectivity index (χ2n) is 3.86. The first-order valence-corrected chi connectivity index (χ1v) is 5.22. The van der Waals surface area contributed by atoms with Gasteiger partial charge in [-0.25, -0.2) is 0 Å². The number of benzene rings is 2. The van der Waals surface area contributed by atoms with E-state index in [1.54, 1.807) is 0 Å². The topological polar surface area (TPSA) is 118 Å². The van der Waals surface area contributed by atoms with Crippen molar-refractivity contribution in [3.05, 3.63) is 41.5 Å². The van der Waals surface area contributed by atoms with Crippen LogP contribution in [0.15, 0.2) is 30.3 Å². The van der Waals surface area contributed by atoms with E-state index in [2.05, 4.69) is 0 Å². The fourth-order valence-electron chi connectivity index (χ4n) is 1.60. The van der Waals surface area contributed by atoms with Gasteiger partial charge in [0.05, 0.1) is 11.1 Å². The van der Waals surface area contributed by atoms with Crippen molar-refractivity contribution in [2.24, 2.45) is 0 Å². The zero-order valence-electron chi connectivity index (χ0n) is 9.53. The normalized spacial score (nSPS) is 10.3. The fraction of sp³-hybridized carbons (Fsp3) is 0. The van der Waals surface area contributed by atoms with Crippen molar-refractivity contribution in [1.82, 2.24) is 0 Å². The highest BCUT2D eigenvalue weighted by molar-refractivity contribution is 6.13. The smallest absolute Gasteiger partial charge is 0.201 e. The Labute approximate surface area is 107 Å². The van der Waals surface area contributed by atoms with Gasteiger partial charge in [0.1, 0.15) is 11.5 Å². The molecule has 0 heterocycles. The van der Waals surface area contributed by atoms with E-state index >= 15 is 0 Å². The van der Waals surface area contributed by atoms with E-state index in [4.69, 9.17) is 5.11 Å². The summed E-state index contributed by atoms with van der Waals surface area (Å²) in [5.74, 6) is -3.62. The first-order valence-electron chi connectivity index (χ1n) is 5.22. The number of hydrogen-bond acceptors (Lipinski definition) is 6. The van der Waals surface area contributed by atoms with E-state index in [0.717, 1.165) is 24.3 Å². The van der Waals surface area contributed by atoms with Crippen LogP contribution in [0, 0.1) is 0 Å². The predicted octanol–water partition coefficient (Wildman–Crippen LogP) is 1.45. The highest BCUT2D eigenvalue weighted by atomic mass is 16.3. The van der Waals surface area contributed by atoms with Crippen LogP contribution >= 0.6 is 0 Å². The largest absolute Gasteiger partial charge is 0.508 e. The molecule has 0 atom stereocenters. The Hall–Kier alpha value is -2.89. The number of carbonyl (C=O) groups is 1. The molecule has 0 radical (unpaired) electrons. The van der Waals surface area contributed by atoms with Crippen molar-refractivity contribution in [3.63, 3.8) is 0 Å². The Kier molecular flexibility index (Phi) is 2.92. The Balaban J connectivity index is 2.56. The molecular formula is C13H10O6. The molecule has 0 amide bonds. The van der Waals surface area contributed by atoms with Crippen LogP contribution in [0.2, 0.25) is 0 Å². The molecule has 0 aliphatic carbocycles. The van der Waals surface area contributed by atoms with Crippen molar-refractivity contribution >= 4 is 5.78 Å². The van der Waals surface area contributed by atoms with Crippen molar-refractivity contribution in [2.45, 2.75) is 0 Å². The summed E-state index contributed by atoms with van der Waals surface area (Å²) in [5, 5.41) is 46.9. The average Bonchev–Trinajstić information content (AvgIpc) is 2.38. The lowest BCUT2D eigenvalue weighted by atomic mass is 10.0. The van der Waals surface area contributed by atoms with Crippen LogP contribution in [-0.2, 0) is 0 Å². The Morgan fingerprint density at radius 2 is 1.37 bits per heavy atom. The van der Waals surface area contributed by atoms with Crippen LogP contribution < -0.4 is 0 Å². The van der Waals surface area contributed by atoms with Gasteiger partial charge in [-0.05, 0) is 30.3 Å². The second kappa shape index (κ2) is 4.41. The van der Waals surface area contributed by atoms with Crippen molar-refractivity contribution in [2.75, 3.05) is 0 Å². The summed E-state index contributed by atoms with van der Waals surface area (Å²) >= 11 is 0. The highest BCUT2D eigenvalue weighted by Gasteiger charge is 2.21. The van der Waals surface area contributed by atoms with Crippen molar-refractivity contribution < 1.29 is 30.3 Å². The number of carbonyl (C=O) groups excluding carboxylic acids is 1. The van der Waals surface area contributed by atoms with E-state index in [1.807, 2.05) is 0 Å². The molecule has 0 unspecified atom stereocenters. The van der Waals surface area contributed by atoms with Gasteiger partial charge in [0.2, 0.25) is 11.5 Å². The van der Waals surface area contributed by atoms with Gasteiger partial charge in [-0.1, -0.05) is 0 Å². The molecule has 0 saturated carbocycles. The van der Waals surface area contributed by atoms with Crippen LogP contribution in [0.1, 0.15) is 15.9 Å². The van der Waals surface area contributed by atoms with Gasteiger partial charge in [0.25, 0.3) is 0 Å². The first kappa shape index (κ1) is 12.6. The first-order chi connectivity index (χ1) is 8.91. The van der Waals surface area contributed by atoms with Gasteiger partial charge in [-0.3, -0.25) is 4.79 Å². The van der Waals surface area contributed by atoms with Gasteiger partial charge in [0, 0.05) is 0 Å². The number of phenols is 5. The highest BCUT2D eigenvalue weighted by Crippen LogP contribution is 2.38. The summed E-state index contributed by atoms with van der Waals surface area (Å²) in [5.41, 5.74) is -0.545. The maximum Gasteiger partial charge on any atom is 0.201 e. The zero-order valence-corrected chi connectivity index (χ0v) is 9.53. The summed E-state index contributed by atoms with van der Waals surface area (Å²) in [4.78, 5) is 12.1. The quantitative estimate of drug-likeness (QED) is 0.317. The fourth-order valence-corrected chi connectivity index (χ4v) is 1.60. The minimum atomic E-state index is -0.828. The van der Waals surface area contributed by atoms with Crippen LogP contribution in [0.25, 0.3) is 0 Å². The van der Waals surface area contributed by atoms with E-state index < -0.39 is 23.0 Å². The molecule has 19 heavy (non-hydrogen) atoms. The van der Waals surface area contributed by atoms with E-state index in [9.17, 15) is 25.2 Å². The number of rotatable bonds is 2. The van der Waals surface area contributed by atoms with Gasteiger partial charge in [0.15, 0.2) is 11.5 Å². The van der Waals surface area contributed by atoms with E-state index in [1.165, 1.54) is 6.07 Å². The average molecular weight is 262 g/mol. The van der Waals surface area contributed by atoms with E-state index in [0.29, 0.717) is 0 Å². The minimum Gasteiger partial charge on any atom is -0.508 e. The monoisotopic (exact) mass is 262 g/mol. The third-order valence-electron chi connectivity index (χ3n) is 2.60. The zero-order chi connectivity index (χ0) is 14.2. The lowest BCUT2D eigenvalue weighted by Crippen LogP contribution is -2.02. The Morgan fingerprint density at radius 1 is 0.737 bits per heavy atom. The van der Waals surface area contributed by atoms with Crippen LogP contribution in [0.4, 0.5) is 0 Å². The molecule has 98 valence electrons. The maximum absolute atomic E-state index is 12.1. The molecule has 0 aromatic heterocycles. The molecule has 0 aliphatic heterocycles. The van der Waals surface area contributed by atoms with Gasteiger partial charge < -0.3 is 25.5 Å². The molecule has 0 aliphatic rings. The molecule has 5 N–H and O–H groups in total. The number of hydrogen-bond donors (Lipinski definition) is 5. The standard InChI is InChI=1S/C13H10O6/c14-6-1-3-9(15)8(5-6)11(17)7-2-4-10(16)13(19)12(7)18/h1-5,14-16,18-19H. The number of phenolic OH excluding ortho intramolecular Hbond substituents is 5. The lowest BCUT2D eigenvalue weighted by molar-refractivity contribution is 0.103. The molecule has 6 heteroatoms.